The highest BCUT2D eigenvalue weighted by Gasteiger charge is 2.33. The molecule has 122 valence electrons. The van der Waals surface area contributed by atoms with E-state index in [2.05, 4.69) is 5.32 Å². The Labute approximate surface area is 133 Å². The minimum atomic E-state index is -4.69. The van der Waals surface area contributed by atoms with Crippen molar-refractivity contribution >= 4 is 29.2 Å². The number of hydrogen-bond donors (Lipinski definition) is 3. The second kappa shape index (κ2) is 7.51. The van der Waals surface area contributed by atoms with Crippen LogP contribution in [0.1, 0.15) is 5.56 Å². The summed E-state index contributed by atoms with van der Waals surface area (Å²) in [6, 6.07) is 4.37. The Morgan fingerprint density at radius 3 is 2.57 bits per heavy atom. The number of nitrogens with one attached hydrogen (secondary N) is 2. The SMILES string of the molecule is N#C/C(=C/Nc1ccc(Cl)cc1C(F)(F)F)C(=O)NCC(=O)O. The number of hydrogen-bond acceptors (Lipinski definition) is 4. The van der Waals surface area contributed by atoms with Crippen molar-refractivity contribution in [1.82, 2.24) is 5.32 Å². The van der Waals surface area contributed by atoms with Crippen LogP contribution in [0.25, 0.3) is 0 Å². The number of carboxylic acids is 1. The third kappa shape index (κ3) is 5.52. The topological polar surface area (TPSA) is 102 Å². The van der Waals surface area contributed by atoms with Crippen LogP contribution in [0.3, 0.4) is 0 Å². The Bertz CT molecular complexity index is 696. The van der Waals surface area contributed by atoms with Crippen LogP contribution in [0.5, 0.6) is 0 Å². The van der Waals surface area contributed by atoms with Crippen molar-refractivity contribution in [1.29, 1.82) is 5.26 Å². The zero-order valence-corrected chi connectivity index (χ0v) is 12.0. The minimum Gasteiger partial charge on any atom is -0.480 e. The number of amides is 1. The first-order valence-corrected chi connectivity index (χ1v) is 6.26. The van der Waals surface area contributed by atoms with Gasteiger partial charge in [-0.05, 0) is 18.2 Å². The van der Waals surface area contributed by atoms with Crippen LogP contribution in [0.4, 0.5) is 18.9 Å². The molecule has 23 heavy (non-hydrogen) atoms. The predicted octanol–water partition coefficient (Wildman–Crippen LogP) is 2.38. The molecular formula is C13H9ClF3N3O3. The predicted molar refractivity (Wildman–Crippen MR) is 74.4 cm³/mol. The number of benzene rings is 1. The molecule has 10 heteroatoms. The molecule has 3 N–H and O–H groups in total. The number of rotatable bonds is 5. The van der Waals surface area contributed by atoms with Crippen LogP contribution in [0, 0.1) is 11.3 Å². The molecule has 0 heterocycles. The Morgan fingerprint density at radius 2 is 2.04 bits per heavy atom. The Hall–Kier alpha value is -2.73. The van der Waals surface area contributed by atoms with Gasteiger partial charge in [-0.25, -0.2) is 0 Å². The molecule has 0 saturated heterocycles. The zero-order valence-electron chi connectivity index (χ0n) is 11.2. The maximum atomic E-state index is 12.9. The first kappa shape index (κ1) is 18.3. The molecule has 1 amide bonds. The van der Waals surface area contributed by atoms with Crippen LogP contribution in [0.2, 0.25) is 5.02 Å². The molecule has 1 aromatic rings. The number of anilines is 1. The van der Waals surface area contributed by atoms with E-state index in [1.807, 2.05) is 5.32 Å². The summed E-state index contributed by atoms with van der Waals surface area (Å²) in [6.45, 7) is -0.730. The van der Waals surface area contributed by atoms with Gasteiger partial charge >= 0.3 is 12.1 Å². The highest BCUT2D eigenvalue weighted by atomic mass is 35.5. The van der Waals surface area contributed by atoms with Gasteiger partial charge in [-0.15, -0.1) is 0 Å². The fraction of sp³-hybridized carbons (Fsp3) is 0.154. The summed E-state index contributed by atoms with van der Waals surface area (Å²) >= 11 is 5.52. The van der Waals surface area contributed by atoms with Crippen molar-refractivity contribution < 1.29 is 27.9 Å². The number of alkyl halides is 3. The Balaban J connectivity index is 3.01. The van der Waals surface area contributed by atoms with E-state index in [0.29, 0.717) is 6.07 Å². The van der Waals surface area contributed by atoms with Crippen molar-refractivity contribution in [2.45, 2.75) is 6.18 Å². The van der Waals surface area contributed by atoms with Crippen molar-refractivity contribution in [2.24, 2.45) is 0 Å². The lowest BCUT2D eigenvalue weighted by molar-refractivity contribution is -0.137. The van der Waals surface area contributed by atoms with Gasteiger partial charge in [-0.1, -0.05) is 11.6 Å². The molecular weight excluding hydrogens is 339 g/mol. The lowest BCUT2D eigenvalue weighted by atomic mass is 10.1. The van der Waals surface area contributed by atoms with E-state index < -0.39 is 41.4 Å². The summed E-state index contributed by atoms with van der Waals surface area (Å²) in [6.07, 6.45) is -3.95. The monoisotopic (exact) mass is 347 g/mol. The van der Waals surface area contributed by atoms with Gasteiger partial charge in [-0.2, -0.15) is 18.4 Å². The zero-order chi connectivity index (χ0) is 17.6. The smallest absolute Gasteiger partial charge is 0.418 e. The minimum absolute atomic E-state index is 0.133. The number of carbonyl (C=O) groups is 2. The van der Waals surface area contributed by atoms with Gasteiger partial charge < -0.3 is 15.7 Å². The number of aliphatic carboxylic acids is 1. The van der Waals surface area contributed by atoms with E-state index >= 15 is 0 Å². The van der Waals surface area contributed by atoms with Gasteiger partial charge in [0.15, 0.2) is 0 Å². The quantitative estimate of drug-likeness (QED) is 0.560. The normalized spacial score (nSPS) is 11.5. The van der Waals surface area contributed by atoms with Gasteiger partial charge in [-0.3, -0.25) is 9.59 Å². The second-order valence-corrected chi connectivity index (χ2v) is 4.51. The van der Waals surface area contributed by atoms with Gasteiger partial charge in [0.25, 0.3) is 5.91 Å². The molecule has 0 aliphatic rings. The molecule has 0 unspecified atom stereocenters. The molecule has 0 radical (unpaired) electrons. The highest BCUT2D eigenvalue weighted by Crippen LogP contribution is 2.36. The molecule has 0 saturated carbocycles. The number of nitrogens with zero attached hydrogens (tertiary/aromatic N) is 1. The third-order valence-electron chi connectivity index (χ3n) is 2.42. The molecule has 0 aliphatic heterocycles. The maximum Gasteiger partial charge on any atom is 0.418 e. The van der Waals surface area contributed by atoms with Crippen LogP contribution in [0.15, 0.2) is 30.0 Å². The molecule has 0 bridgehead atoms. The first-order valence-electron chi connectivity index (χ1n) is 5.88. The van der Waals surface area contributed by atoms with E-state index in [-0.39, 0.29) is 5.02 Å². The van der Waals surface area contributed by atoms with Gasteiger partial charge in [0.1, 0.15) is 18.2 Å². The summed E-state index contributed by atoms with van der Waals surface area (Å²) in [4.78, 5) is 21.8. The molecule has 0 spiro atoms. The molecule has 0 atom stereocenters. The van der Waals surface area contributed by atoms with Gasteiger partial charge in [0, 0.05) is 11.2 Å². The summed E-state index contributed by atoms with van der Waals surface area (Å²) in [5.74, 6) is -2.37. The average molecular weight is 348 g/mol. The molecule has 1 aromatic carbocycles. The molecule has 0 fully saturated rings. The molecule has 1 rings (SSSR count). The van der Waals surface area contributed by atoms with Crippen molar-refractivity contribution in [3.8, 4) is 6.07 Å². The fourth-order valence-electron chi connectivity index (χ4n) is 1.43. The van der Waals surface area contributed by atoms with Gasteiger partial charge in [0.05, 0.1) is 11.3 Å². The van der Waals surface area contributed by atoms with Crippen LogP contribution >= 0.6 is 11.6 Å². The van der Waals surface area contributed by atoms with Crippen LogP contribution in [-0.4, -0.2) is 23.5 Å². The van der Waals surface area contributed by atoms with Crippen molar-refractivity contribution in [3.63, 3.8) is 0 Å². The van der Waals surface area contributed by atoms with Gasteiger partial charge in [0.2, 0.25) is 0 Å². The number of carboxylic acid groups (broad SMARTS) is 1. The average Bonchev–Trinajstić information content (AvgIpc) is 2.45. The molecule has 0 aromatic heterocycles. The summed E-state index contributed by atoms with van der Waals surface area (Å²) < 4.78 is 38.6. The number of halogens is 4. The number of carbonyl (C=O) groups excluding carboxylic acids is 1. The third-order valence-corrected chi connectivity index (χ3v) is 2.66. The van der Waals surface area contributed by atoms with Crippen LogP contribution < -0.4 is 10.6 Å². The number of nitriles is 1. The highest BCUT2D eigenvalue weighted by molar-refractivity contribution is 6.30. The van der Waals surface area contributed by atoms with Crippen LogP contribution in [-0.2, 0) is 15.8 Å². The Kier molecular flexibility index (Phi) is 5.98. The second-order valence-electron chi connectivity index (χ2n) is 4.08. The van der Waals surface area contributed by atoms with E-state index in [1.54, 1.807) is 0 Å². The molecule has 6 nitrogen and oxygen atoms in total. The van der Waals surface area contributed by atoms with Crippen molar-refractivity contribution in [2.75, 3.05) is 11.9 Å². The van der Waals surface area contributed by atoms with E-state index in [0.717, 1.165) is 12.3 Å². The maximum absolute atomic E-state index is 12.9. The molecule has 0 aliphatic carbocycles. The first-order chi connectivity index (χ1) is 10.6. The summed E-state index contributed by atoms with van der Waals surface area (Å²) in [7, 11) is 0. The lowest BCUT2D eigenvalue weighted by Crippen LogP contribution is -2.30. The van der Waals surface area contributed by atoms with E-state index in [9.17, 15) is 22.8 Å². The van der Waals surface area contributed by atoms with E-state index in [4.69, 9.17) is 22.0 Å². The van der Waals surface area contributed by atoms with Crippen molar-refractivity contribution in [3.05, 3.63) is 40.6 Å². The lowest BCUT2D eigenvalue weighted by Gasteiger charge is -2.13. The fourth-order valence-corrected chi connectivity index (χ4v) is 1.60. The summed E-state index contributed by atoms with van der Waals surface area (Å²) in [5.41, 5.74) is -2.08. The Morgan fingerprint density at radius 1 is 1.39 bits per heavy atom. The largest absolute Gasteiger partial charge is 0.480 e. The van der Waals surface area contributed by atoms with E-state index in [1.165, 1.54) is 12.1 Å². The standard InChI is InChI=1S/C13H9ClF3N3O3/c14-8-1-2-10(9(3-8)13(15,16)17)19-5-7(4-18)12(23)20-6-11(21)22/h1-3,5,19H,6H2,(H,20,23)(H,21,22)/b7-5-. The summed E-state index contributed by atoms with van der Waals surface area (Å²) in [5, 5.41) is 21.2.